The molecule has 1 fully saturated rings. The van der Waals surface area contributed by atoms with Gasteiger partial charge in [0.1, 0.15) is 6.10 Å². The maximum absolute atomic E-state index is 11.4. The first kappa shape index (κ1) is 12.5. The van der Waals surface area contributed by atoms with Crippen molar-refractivity contribution in [3.8, 4) is 0 Å². The van der Waals surface area contributed by atoms with E-state index < -0.39 is 0 Å². The molecule has 0 amide bonds. The summed E-state index contributed by atoms with van der Waals surface area (Å²) in [6, 6.07) is 0. The van der Waals surface area contributed by atoms with Crippen LogP contribution in [-0.4, -0.2) is 12.1 Å². The second-order valence-corrected chi connectivity index (χ2v) is 5.46. The Kier molecular flexibility index (Phi) is 4.18. The standard InChI is InChI=1S/C13H24O2/c1-5-13(4)8-6-11(7-9-13)15-12(14)10(2)3/h10-11H,5-9H2,1-4H3. The third-order valence-corrected chi connectivity index (χ3v) is 3.75. The zero-order valence-corrected chi connectivity index (χ0v) is 10.5. The molecule has 1 aliphatic rings. The molecule has 1 rings (SSSR count). The number of carbonyl (C=O) groups is 1. The van der Waals surface area contributed by atoms with Crippen molar-refractivity contribution in [2.24, 2.45) is 11.3 Å². The van der Waals surface area contributed by atoms with Crippen LogP contribution in [0.2, 0.25) is 0 Å². The summed E-state index contributed by atoms with van der Waals surface area (Å²) < 4.78 is 5.45. The van der Waals surface area contributed by atoms with E-state index in [4.69, 9.17) is 4.74 Å². The van der Waals surface area contributed by atoms with Crippen LogP contribution in [0.1, 0.15) is 59.8 Å². The fourth-order valence-electron chi connectivity index (χ4n) is 2.06. The Morgan fingerprint density at radius 1 is 1.40 bits per heavy atom. The summed E-state index contributed by atoms with van der Waals surface area (Å²) in [5.41, 5.74) is 0.487. The average molecular weight is 212 g/mol. The lowest BCUT2D eigenvalue weighted by molar-refractivity contribution is -0.155. The molecule has 1 aliphatic carbocycles. The van der Waals surface area contributed by atoms with Crippen LogP contribution in [0.3, 0.4) is 0 Å². The molecule has 0 spiro atoms. The molecule has 0 bridgehead atoms. The Balaban J connectivity index is 2.35. The fraction of sp³-hybridized carbons (Fsp3) is 0.923. The van der Waals surface area contributed by atoms with Gasteiger partial charge in [0.25, 0.3) is 0 Å². The van der Waals surface area contributed by atoms with Crippen LogP contribution in [0.5, 0.6) is 0 Å². The summed E-state index contributed by atoms with van der Waals surface area (Å²) in [5, 5.41) is 0. The van der Waals surface area contributed by atoms with Gasteiger partial charge < -0.3 is 4.74 Å². The highest BCUT2D eigenvalue weighted by Crippen LogP contribution is 2.39. The molecule has 0 saturated heterocycles. The third-order valence-electron chi connectivity index (χ3n) is 3.75. The van der Waals surface area contributed by atoms with E-state index in [1.807, 2.05) is 13.8 Å². The molecule has 2 heteroatoms. The van der Waals surface area contributed by atoms with Crippen molar-refractivity contribution in [3.63, 3.8) is 0 Å². The van der Waals surface area contributed by atoms with Crippen molar-refractivity contribution >= 4 is 5.97 Å². The summed E-state index contributed by atoms with van der Waals surface area (Å²) in [6.07, 6.45) is 5.89. The van der Waals surface area contributed by atoms with E-state index in [-0.39, 0.29) is 18.0 Å². The van der Waals surface area contributed by atoms with Gasteiger partial charge in [-0.05, 0) is 31.1 Å². The Morgan fingerprint density at radius 3 is 2.33 bits per heavy atom. The van der Waals surface area contributed by atoms with Crippen LogP contribution < -0.4 is 0 Å². The van der Waals surface area contributed by atoms with Crippen molar-refractivity contribution in [2.75, 3.05) is 0 Å². The predicted octanol–water partition coefficient (Wildman–Crippen LogP) is 3.54. The lowest BCUT2D eigenvalue weighted by Gasteiger charge is -2.36. The molecule has 0 atom stereocenters. The summed E-state index contributed by atoms with van der Waals surface area (Å²) >= 11 is 0. The molecule has 0 heterocycles. The molecule has 1 saturated carbocycles. The largest absolute Gasteiger partial charge is 0.462 e. The van der Waals surface area contributed by atoms with Crippen molar-refractivity contribution in [3.05, 3.63) is 0 Å². The molecule has 2 nitrogen and oxygen atoms in total. The monoisotopic (exact) mass is 212 g/mol. The summed E-state index contributed by atoms with van der Waals surface area (Å²) in [6.45, 7) is 8.37. The molecule has 0 aromatic heterocycles. The van der Waals surface area contributed by atoms with Gasteiger partial charge in [-0.3, -0.25) is 4.79 Å². The fourth-order valence-corrected chi connectivity index (χ4v) is 2.06. The highest BCUT2D eigenvalue weighted by Gasteiger charge is 2.31. The van der Waals surface area contributed by atoms with Crippen molar-refractivity contribution < 1.29 is 9.53 Å². The number of rotatable bonds is 3. The highest BCUT2D eigenvalue weighted by atomic mass is 16.5. The molecular formula is C13H24O2. The highest BCUT2D eigenvalue weighted by molar-refractivity contribution is 5.71. The van der Waals surface area contributed by atoms with E-state index in [1.54, 1.807) is 0 Å². The van der Waals surface area contributed by atoms with Gasteiger partial charge in [0.15, 0.2) is 0 Å². The van der Waals surface area contributed by atoms with E-state index in [9.17, 15) is 4.79 Å². The molecule has 88 valence electrons. The quantitative estimate of drug-likeness (QED) is 0.669. The van der Waals surface area contributed by atoms with E-state index in [2.05, 4.69) is 13.8 Å². The lowest BCUT2D eigenvalue weighted by atomic mass is 9.73. The number of hydrogen-bond acceptors (Lipinski definition) is 2. The molecular weight excluding hydrogens is 188 g/mol. The van der Waals surface area contributed by atoms with Gasteiger partial charge in [-0.25, -0.2) is 0 Å². The molecule has 0 aliphatic heterocycles. The molecule has 0 aromatic carbocycles. The number of carbonyl (C=O) groups excluding carboxylic acids is 1. The van der Waals surface area contributed by atoms with Crippen LogP contribution in [0.4, 0.5) is 0 Å². The SMILES string of the molecule is CCC1(C)CCC(OC(=O)C(C)C)CC1. The Labute approximate surface area is 93.4 Å². The predicted molar refractivity (Wildman–Crippen MR) is 61.6 cm³/mol. The first-order valence-corrected chi connectivity index (χ1v) is 6.17. The van der Waals surface area contributed by atoms with Gasteiger partial charge in [0, 0.05) is 0 Å². The average Bonchev–Trinajstić information content (AvgIpc) is 2.21. The zero-order chi connectivity index (χ0) is 11.5. The second-order valence-electron chi connectivity index (χ2n) is 5.46. The molecule has 0 aromatic rings. The van der Waals surface area contributed by atoms with Gasteiger partial charge in [0.05, 0.1) is 5.92 Å². The van der Waals surface area contributed by atoms with E-state index in [0.29, 0.717) is 5.41 Å². The van der Waals surface area contributed by atoms with Gasteiger partial charge in [-0.1, -0.05) is 34.1 Å². The smallest absolute Gasteiger partial charge is 0.308 e. The lowest BCUT2D eigenvalue weighted by Crippen LogP contribution is -2.30. The minimum absolute atomic E-state index is 0.00415. The molecule has 0 unspecified atom stereocenters. The number of hydrogen-bond donors (Lipinski definition) is 0. The van der Waals surface area contributed by atoms with Gasteiger partial charge in [-0.15, -0.1) is 0 Å². The molecule has 0 N–H and O–H groups in total. The van der Waals surface area contributed by atoms with Crippen molar-refractivity contribution in [1.29, 1.82) is 0 Å². The minimum atomic E-state index is -0.0416. The Bertz CT molecular complexity index is 213. The first-order valence-electron chi connectivity index (χ1n) is 6.17. The van der Waals surface area contributed by atoms with Crippen LogP contribution in [0.15, 0.2) is 0 Å². The first-order chi connectivity index (χ1) is 6.97. The van der Waals surface area contributed by atoms with Crippen LogP contribution in [-0.2, 0) is 9.53 Å². The van der Waals surface area contributed by atoms with Gasteiger partial charge in [-0.2, -0.15) is 0 Å². The van der Waals surface area contributed by atoms with Crippen LogP contribution in [0.25, 0.3) is 0 Å². The summed E-state index contributed by atoms with van der Waals surface area (Å²) in [4.78, 5) is 11.4. The van der Waals surface area contributed by atoms with Crippen molar-refractivity contribution in [2.45, 2.75) is 65.9 Å². The topological polar surface area (TPSA) is 26.3 Å². The third kappa shape index (κ3) is 3.51. The maximum Gasteiger partial charge on any atom is 0.308 e. The van der Waals surface area contributed by atoms with Gasteiger partial charge >= 0.3 is 5.97 Å². The molecule has 15 heavy (non-hydrogen) atoms. The van der Waals surface area contributed by atoms with E-state index >= 15 is 0 Å². The molecule has 0 radical (unpaired) electrons. The van der Waals surface area contributed by atoms with Crippen molar-refractivity contribution in [1.82, 2.24) is 0 Å². The zero-order valence-electron chi connectivity index (χ0n) is 10.5. The number of esters is 1. The Morgan fingerprint density at radius 2 is 1.93 bits per heavy atom. The summed E-state index contributed by atoms with van der Waals surface area (Å²) in [5.74, 6) is -0.0374. The normalized spacial score (nSPS) is 31.7. The van der Waals surface area contributed by atoms with E-state index in [1.165, 1.54) is 19.3 Å². The van der Waals surface area contributed by atoms with Crippen LogP contribution >= 0.6 is 0 Å². The van der Waals surface area contributed by atoms with Gasteiger partial charge in [0.2, 0.25) is 0 Å². The summed E-state index contributed by atoms with van der Waals surface area (Å²) in [7, 11) is 0. The second kappa shape index (κ2) is 5.00. The van der Waals surface area contributed by atoms with E-state index in [0.717, 1.165) is 12.8 Å². The van der Waals surface area contributed by atoms with Crippen LogP contribution in [0, 0.1) is 11.3 Å². The Hall–Kier alpha value is -0.530. The minimum Gasteiger partial charge on any atom is -0.462 e. The maximum atomic E-state index is 11.4. The number of ether oxygens (including phenoxy) is 1.